The maximum absolute atomic E-state index is 12.4. The van der Waals surface area contributed by atoms with Crippen LogP contribution in [0.1, 0.15) is 48.5 Å². The lowest BCUT2D eigenvalue weighted by Gasteiger charge is -2.38. The van der Waals surface area contributed by atoms with Gasteiger partial charge < -0.3 is 10.4 Å². The maximum Gasteiger partial charge on any atom is 0.251 e. The van der Waals surface area contributed by atoms with Crippen molar-refractivity contribution in [2.24, 2.45) is 5.92 Å². The molecule has 1 aliphatic rings. The Morgan fingerprint density at radius 2 is 2.15 bits per heavy atom. The van der Waals surface area contributed by atoms with Gasteiger partial charge in [0.05, 0.1) is 12.1 Å². The summed E-state index contributed by atoms with van der Waals surface area (Å²) in [5.74, 6) is 0.941. The lowest BCUT2D eigenvalue weighted by atomic mass is 9.77. The zero-order valence-corrected chi connectivity index (χ0v) is 12.6. The lowest BCUT2D eigenvalue weighted by Crippen LogP contribution is -2.53. The summed E-state index contributed by atoms with van der Waals surface area (Å²) in [6.45, 7) is 2.22. The second-order valence-corrected chi connectivity index (χ2v) is 6.18. The van der Waals surface area contributed by atoms with Crippen LogP contribution in [0.25, 0.3) is 0 Å². The van der Waals surface area contributed by atoms with E-state index in [1.54, 1.807) is 12.1 Å². The number of carbonyl (C=O) groups excluding carboxylic acids is 1. The Morgan fingerprint density at radius 3 is 2.75 bits per heavy atom. The number of benzene rings is 1. The third-order valence-corrected chi connectivity index (χ3v) is 4.56. The molecule has 0 aromatic heterocycles. The second kappa shape index (κ2) is 6.59. The summed E-state index contributed by atoms with van der Waals surface area (Å²) in [5, 5.41) is 12.7. The standard InChI is InChI=1S/C16H22ClNO2/c1-12-5-7-16(11-19,8-6-12)18-15(20)14-4-2-3-13(9-14)10-17/h2-4,9,12,19H,5-8,10-11H2,1H3,(H,18,20). The number of alkyl halides is 1. The number of rotatable bonds is 4. The van der Waals surface area contributed by atoms with Gasteiger partial charge in [0.2, 0.25) is 0 Å². The van der Waals surface area contributed by atoms with Gasteiger partial charge in [0, 0.05) is 11.4 Å². The number of halogens is 1. The van der Waals surface area contributed by atoms with Crippen LogP contribution >= 0.6 is 11.6 Å². The average Bonchev–Trinajstić information content (AvgIpc) is 2.50. The smallest absolute Gasteiger partial charge is 0.251 e. The van der Waals surface area contributed by atoms with Gasteiger partial charge in [0.1, 0.15) is 0 Å². The molecule has 20 heavy (non-hydrogen) atoms. The molecule has 3 nitrogen and oxygen atoms in total. The van der Waals surface area contributed by atoms with Crippen molar-refractivity contribution >= 4 is 17.5 Å². The average molecular weight is 296 g/mol. The largest absolute Gasteiger partial charge is 0.394 e. The van der Waals surface area contributed by atoms with Crippen LogP contribution in [0.2, 0.25) is 0 Å². The van der Waals surface area contributed by atoms with Crippen LogP contribution in [0.15, 0.2) is 24.3 Å². The quantitative estimate of drug-likeness (QED) is 0.839. The minimum Gasteiger partial charge on any atom is -0.394 e. The molecule has 0 radical (unpaired) electrons. The lowest BCUT2D eigenvalue weighted by molar-refractivity contribution is 0.0717. The van der Waals surface area contributed by atoms with Gasteiger partial charge in [-0.05, 0) is 49.3 Å². The highest BCUT2D eigenvalue weighted by Crippen LogP contribution is 2.31. The topological polar surface area (TPSA) is 49.3 Å². The van der Waals surface area contributed by atoms with Crippen LogP contribution in [0.3, 0.4) is 0 Å². The van der Waals surface area contributed by atoms with Crippen LogP contribution in [0.4, 0.5) is 0 Å². The molecule has 1 fully saturated rings. The molecule has 1 aliphatic carbocycles. The van der Waals surface area contributed by atoms with Crippen LogP contribution in [-0.4, -0.2) is 23.2 Å². The SMILES string of the molecule is CC1CCC(CO)(NC(=O)c2cccc(CCl)c2)CC1. The molecule has 110 valence electrons. The van der Waals surface area contributed by atoms with Crippen molar-refractivity contribution in [1.82, 2.24) is 5.32 Å². The number of aliphatic hydroxyl groups excluding tert-OH is 1. The third kappa shape index (κ3) is 3.53. The van der Waals surface area contributed by atoms with Gasteiger partial charge in [-0.1, -0.05) is 19.1 Å². The van der Waals surface area contributed by atoms with Gasteiger partial charge in [-0.25, -0.2) is 0 Å². The van der Waals surface area contributed by atoms with Crippen molar-refractivity contribution in [2.75, 3.05) is 6.61 Å². The first-order valence-electron chi connectivity index (χ1n) is 7.17. The molecule has 1 aromatic rings. The van der Waals surface area contributed by atoms with Crippen LogP contribution in [0.5, 0.6) is 0 Å². The molecule has 1 saturated carbocycles. The van der Waals surface area contributed by atoms with E-state index >= 15 is 0 Å². The Balaban J connectivity index is 2.09. The number of amides is 1. The zero-order chi connectivity index (χ0) is 14.6. The van der Waals surface area contributed by atoms with Gasteiger partial charge in [0.15, 0.2) is 0 Å². The predicted octanol–water partition coefficient (Wildman–Crippen LogP) is 3.10. The molecule has 0 atom stereocenters. The number of carbonyl (C=O) groups is 1. The van der Waals surface area contributed by atoms with E-state index in [4.69, 9.17) is 11.6 Å². The fraction of sp³-hybridized carbons (Fsp3) is 0.562. The highest BCUT2D eigenvalue weighted by molar-refractivity contribution is 6.17. The van der Waals surface area contributed by atoms with Crippen molar-refractivity contribution in [2.45, 2.75) is 44.0 Å². The first kappa shape index (κ1) is 15.3. The van der Waals surface area contributed by atoms with E-state index in [1.807, 2.05) is 12.1 Å². The first-order valence-corrected chi connectivity index (χ1v) is 7.70. The van der Waals surface area contributed by atoms with E-state index in [2.05, 4.69) is 12.2 Å². The Morgan fingerprint density at radius 1 is 1.45 bits per heavy atom. The number of aliphatic hydroxyl groups is 1. The van der Waals surface area contributed by atoms with Gasteiger partial charge >= 0.3 is 0 Å². The fourth-order valence-electron chi connectivity index (χ4n) is 2.75. The molecule has 2 rings (SSSR count). The molecule has 0 unspecified atom stereocenters. The Bertz CT molecular complexity index is 467. The maximum atomic E-state index is 12.4. The highest BCUT2D eigenvalue weighted by Gasteiger charge is 2.35. The molecule has 0 spiro atoms. The van der Waals surface area contributed by atoms with Gasteiger partial charge in [-0.3, -0.25) is 4.79 Å². The fourth-order valence-corrected chi connectivity index (χ4v) is 2.91. The van der Waals surface area contributed by atoms with Crippen molar-refractivity contribution in [3.63, 3.8) is 0 Å². The van der Waals surface area contributed by atoms with Gasteiger partial charge in [0.25, 0.3) is 5.91 Å². The number of hydrogen-bond acceptors (Lipinski definition) is 2. The third-order valence-electron chi connectivity index (χ3n) is 4.26. The minimum atomic E-state index is -0.458. The molecule has 1 aromatic carbocycles. The second-order valence-electron chi connectivity index (χ2n) is 5.91. The Kier molecular flexibility index (Phi) is 5.06. The van der Waals surface area contributed by atoms with Crippen molar-refractivity contribution < 1.29 is 9.90 Å². The molecule has 0 heterocycles. The summed E-state index contributed by atoms with van der Waals surface area (Å²) in [6.07, 6.45) is 3.77. The van der Waals surface area contributed by atoms with Crippen molar-refractivity contribution in [3.05, 3.63) is 35.4 Å². The summed E-state index contributed by atoms with van der Waals surface area (Å²) in [7, 11) is 0. The summed E-state index contributed by atoms with van der Waals surface area (Å²) in [4.78, 5) is 12.4. The van der Waals surface area contributed by atoms with E-state index < -0.39 is 5.54 Å². The van der Waals surface area contributed by atoms with E-state index in [0.29, 0.717) is 17.4 Å². The van der Waals surface area contributed by atoms with Crippen molar-refractivity contribution in [3.8, 4) is 0 Å². The molecule has 0 aliphatic heterocycles. The first-order chi connectivity index (χ1) is 9.58. The summed E-state index contributed by atoms with van der Waals surface area (Å²) in [5.41, 5.74) is 1.07. The van der Waals surface area contributed by atoms with Crippen LogP contribution in [-0.2, 0) is 5.88 Å². The molecular weight excluding hydrogens is 274 g/mol. The van der Waals surface area contributed by atoms with E-state index in [-0.39, 0.29) is 12.5 Å². The van der Waals surface area contributed by atoms with E-state index in [9.17, 15) is 9.90 Å². The molecular formula is C16H22ClNO2. The predicted molar refractivity (Wildman–Crippen MR) is 80.9 cm³/mol. The van der Waals surface area contributed by atoms with E-state index in [0.717, 1.165) is 31.2 Å². The van der Waals surface area contributed by atoms with Gasteiger partial charge in [-0.2, -0.15) is 0 Å². The normalized spacial score (nSPS) is 26.2. The minimum absolute atomic E-state index is 0.000652. The van der Waals surface area contributed by atoms with E-state index in [1.165, 1.54) is 0 Å². The molecule has 0 bridgehead atoms. The summed E-state index contributed by atoms with van der Waals surface area (Å²) >= 11 is 5.79. The Hall–Kier alpha value is -1.06. The molecule has 1 amide bonds. The highest BCUT2D eigenvalue weighted by atomic mass is 35.5. The number of hydrogen-bond donors (Lipinski definition) is 2. The molecule has 4 heteroatoms. The van der Waals surface area contributed by atoms with Crippen molar-refractivity contribution in [1.29, 1.82) is 0 Å². The van der Waals surface area contributed by atoms with Crippen LogP contribution < -0.4 is 5.32 Å². The summed E-state index contributed by atoms with van der Waals surface area (Å²) in [6, 6.07) is 7.32. The molecule has 2 N–H and O–H groups in total. The zero-order valence-electron chi connectivity index (χ0n) is 11.9. The van der Waals surface area contributed by atoms with Crippen LogP contribution in [0, 0.1) is 5.92 Å². The van der Waals surface area contributed by atoms with Gasteiger partial charge in [-0.15, -0.1) is 11.6 Å². The molecule has 0 saturated heterocycles. The monoisotopic (exact) mass is 295 g/mol. The Labute approximate surface area is 125 Å². The summed E-state index contributed by atoms with van der Waals surface area (Å²) < 4.78 is 0. The number of nitrogens with one attached hydrogen (secondary N) is 1.